The number of fused-ring (bicyclic) bond motifs is 5. The Morgan fingerprint density at radius 3 is 2.53 bits per heavy atom. The van der Waals surface area contributed by atoms with Crippen LogP contribution in [-0.2, 0) is 0 Å². The Hall–Kier alpha value is -1.68. The highest BCUT2D eigenvalue weighted by Gasteiger charge is 2.32. The molecule has 1 aliphatic rings. The van der Waals surface area contributed by atoms with E-state index in [2.05, 4.69) is 11.4 Å². The maximum atomic E-state index is 10.3. The monoisotopic (exact) mass is 268 g/mol. The fourth-order valence-corrected chi connectivity index (χ4v) is 3.86. The molecule has 3 heteroatoms. The van der Waals surface area contributed by atoms with Crippen molar-refractivity contribution in [1.29, 1.82) is 0 Å². The zero-order valence-electron chi connectivity index (χ0n) is 10.1. The highest BCUT2D eigenvalue weighted by atomic mass is 32.1. The van der Waals surface area contributed by atoms with Crippen LogP contribution in [-0.4, -0.2) is 10.2 Å². The number of thiophene rings is 1. The van der Waals surface area contributed by atoms with Crippen LogP contribution in [0.25, 0.3) is 21.2 Å². The number of hydrogen-bond acceptors (Lipinski definition) is 3. The van der Waals surface area contributed by atoms with Gasteiger partial charge in [0, 0.05) is 10.3 Å². The van der Waals surface area contributed by atoms with Gasteiger partial charge in [0.15, 0.2) is 0 Å². The van der Waals surface area contributed by atoms with Gasteiger partial charge in [0.25, 0.3) is 0 Å². The maximum absolute atomic E-state index is 10.3. The fraction of sp³-hybridized carbons (Fsp3) is 0.125. The Morgan fingerprint density at radius 1 is 0.842 bits per heavy atom. The van der Waals surface area contributed by atoms with E-state index in [1.165, 1.54) is 10.1 Å². The van der Waals surface area contributed by atoms with Gasteiger partial charge in [-0.2, -0.15) is 0 Å². The first-order valence-corrected chi connectivity index (χ1v) is 7.11. The van der Waals surface area contributed by atoms with E-state index < -0.39 is 12.2 Å². The van der Waals surface area contributed by atoms with Crippen LogP contribution < -0.4 is 0 Å². The molecular weight excluding hydrogens is 256 g/mol. The number of aliphatic hydroxyl groups excluding tert-OH is 2. The minimum atomic E-state index is -0.851. The van der Waals surface area contributed by atoms with Crippen molar-refractivity contribution in [2.75, 3.05) is 0 Å². The van der Waals surface area contributed by atoms with Gasteiger partial charge in [-0.05, 0) is 33.5 Å². The van der Waals surface area contributed by atoms with Crippen molar-refractivity contribution in [2.24, 2.45) is 0 Å². The number of benzene rings is 2. The minimum Gasteiger partial charge on any atom is -0.385 e. The molecule has 0 unspecified atom stereocenters. The van der Waals surface area contributed by atoms with E-state index in [4.69, 9.17) is 0 Å². The molecule has 2 aromatic carbocycles. The molecule has 0 aliphatic heterocycles. The zero-order valence-corrected chi connectivity index (χ0v) is 10.9. The van der Waals surface area contributed by atoms with Crippen molar-refractivity contribution < 1.29 is 10.2 Å². The first-order valence-electron chi connectivity index (χ1n) is 6.23. The average molecular weight is 268 g/mol. The van der Waals surface area contributed by atoms with E-state index in [-0.39, 0.29) is 0 Å². The summed E-state index contributed by atoms with van der Waals surface area (Å²) in [4.78, 5) is 0. The van der Waals surface area contributed by atoms with Gasteiger partial charge < -0.3 is 10.2 Å². The van der Waals surface area contributed by atoms with Crippen LogP contribution in [0.2, 0.25) is 0 Å². The van der Waals surface area contributed by atoms with Crippen molar-refractivity contribution >= 4 is 21.4 Å². The molecule has 1 aromatic heterocycles. The quantitative estimate of drug-likeness (QED) is 0.653. The van der Waals surface area contributed by atoms with Gasteiger partial charge in [0.05, 0.1) is 0 Å². The lowest BCUT2D eigenvalue weighted by Crippen LogP contribution is -2.17. The molecule has 0 radical (unpaired) electrons. The third-order valence-corrected chi connectivity index (χ3v) is 4.77. The number of rotatable bonds is 0. The summed E-state index contributed by atoms with van der Waals surface area (Å²) in [7, 11) is 0. The Kier molecular flexibility index (Phi) is 2.30. The highest BCUT2D eigenvalue weighted by molar-refractivity contribution is 7.17. The molecule has 0 saturated heterocycles. The van der Waals surface area contributed by atoms with Crippen molar-refractivity contribution in [3.8, 4) is 11.1 Å². The molecule has 0 fully saturated rings. The molecule has 2 atom stereocenters. The van der Waals surface area contributed by atoms with Crippen molar-refractivity contribution in [3.05, 3.63) is 59.0 Å². The molecular formula is C16H12O2S. The second kappa shape index (κ2) is 3.90. The van der Waals surface area contributed by atoms with Crippen molar-refractivity contribution in [1.82, 2.24) is 0 Å². The Morgan fingerprint density at radius 2 is 1.63 bits per heavy atom. The van der Waals surface area contributed by atoms with Crippen LogP contribution in [0.15, 0.2) is 47.8 Å². The third-order valence-electron chi connectivity index (χ3n) is 3.82. The van der Waals surface area contributed by atoms with Gasteiger partial charge >= 0.3 is 0 Å². The first kappa shape index (κ1) is 11.2. The number of aliphatic hydroxyl groups is 2. The molecule has 2 N–H and O–H groups in total. The Balaban J connectivity index is 2.16. The Labute approximate surface area is 114 Å². The fourth-order valence-electron chi connectivity index (χ4n) is 2.89. The SMILES string of the molecule is O[C@H]1c2ccccc2-c2c(ccc3ccsc23)[C@@H]1O. The lowest BCUT2D eigenvalue weighted by Gasteiger charge is -2.29. The summed E-state index contributed by atoms with van der Waals surface area (Å²) in [5.74, 6) is 0. The first-order chi connectivity index (χ1) is 9.27. The molecule has 94 valence electrons. The predicted octanol–water partition coefficient (Wildman–Crippen LogP) is 3.65. The van der Waals surface area contributed by atoms with Crippen LogP contribution in [0, 0.1) is 0 Å². The van der Waals surface area contributed by atoms with E-state index in [0.29, 0.717) is 0 Å². The average Bonchev–Trinajstić information content (AvgIpc) is 2.92. The van der Waals surface area contributed by atoms with Crippen LogP contribution in [0.5, 0.6) is 0 Å². The summed E-state index contributed by atoms with van der Waals surface area (Å²) in [5.41, 5.74) is 3.73. The van der Waals surface area contributed by atoms with Gasteiger partial charge in [-0.15, -0.1) is 11.3 Å². The second-order valence-corrected chi connectivity index (χ2v) is 5.76. The summed E-state index contributed by atoms with van der Waals surface area (Å²) in [6.07, 6.45) is -1.70. The van der Waals surface area contributed by atoms with Gasteiger partial charge in [-0.3, -0.25) is 0 Å². The molecule has 0 amide bonds. The molecule has 19 heavy (non-hydrogen) atoms. The van der Waals surface area contributed by atoms with Gasteiger partial charge in [0.1, 0.15) is 12.2 Å². The summed E-state index contributed by atoms with van der Waals surface area (Å²) < 4.78 is 1.18. The maximum Gasteiger partial charge on any atom is 0.110 e. The van der Waals surface area contributed by atoms with E-state index in [1.54, 1.807) is 11.3 Å². The van der Waals surface area contributed by atoms with Crippen LogP contribution in [0.1, 0.15) is 23.3 Å². The van der Waals surface area contributed by atoms with Crippen LogP contribution in [0.3, 0.4) is 0 Å². The Bertz CT molecular complexity index is 775. The van der Waals surface area contributed by atoms with E-state index in [9.17, 15) is 10.2 Å². The molecule has 4 rings (SSSR count). The van der Waals surface area contributed by atoms with Crippen molar-refractivity contribution in [3.63, 3.8) is 0 Å². The minimum absolute atomic E-state index is 0.809. The predicted molar refractivity (Wildman–Crippen MR) is 77.2 cm³/mol. The van der Waals surface area contributed by atoms with Crippen LogP contribution in [0.4, 0.5) is 0 Å². The van der Waals surface area contributed by atoms with E-state index in [0.717, 1.165) is 22.3 Å². The van der Waals surface area contributed by atoms with Gasteiger partial charge in [0.2, 0.25) is 0 Å². The topological polar surface area (TPSA) is 40.5 Å². The van der Waals surface area contributed by atoms with E-state index >= 15 is 0 Å². The molecule has 0 spiro atoms. The molecule has 2 nitrogen and oxygen atoms in total. The largest absolute Gasteiger partial charge is 0.385 e. The second-order valence-electron chi connectivity index (χ2n) is 4.85. The summed E-state index contributed by atoms with van der Waals surface area (Å²) >= 11 is 1.68. The smallest absolute Gasteiger partial charge is 0.110 e. The molecule has 1 heterocycles. The number of hydrogen-bond donors (Lipinski definition) is 2. The normalized spacial score (nSPS) is 21.2. The van der Waals surface area contributed by atoms with Gasteiger partial charge in [-0.1, -0.05) is 36.4 Å². The lowest BCUT2D eigenvalue weighted by molar-refractivity contribution is 0.0159. The molecule has 3 aromatic rings. The van der Waals surface area contributed by atoms with Crippen LogP contribution >= 0.6 is 11.3 Å². The summed E-state index contributed by atoms with van der Waals surface area (Å²) in [6.45, 7) is 0. The van der Waals surface area contributed by atoms with Crippen molar-refractivity contribution in [2.45, 2.75) is 12.2 Å². The summed E-state index contributed by atoms with van der Waals surface area (Å²) in [6, 6.07) is 13.8. The third kappa shape index (κ3) is 1.43. The lowest BCUT2D eigenvalue weighted by atomic mass is 9.81. The van der Waals surface area contributed by atoms with E-state index in [1.807, 2.05) is 36.4 Å². The van der Waals surface area contributed by atoms with Gasteiger partial charge in [-0.25, -0.2) is 0 Å². The zero-order chi connectivity index (χ0) is 13.0. The molecule has 0 saturated carbocycles. The highest BCUT2D eigenvalue weighted by Crippen LogP contribution is 2.48. The molecule has 0 bridgehead atoms. The standard InChI is InChI=1S/C16H12O2S/c17-14-11-4-2-1-3-10(11)13-12(15(14)18)6-5-9-7-8-19-16(9)13/h1-8,14-15,17-18H/t14-,15-/m0/s1. The summed E-state index contributed by atoms with van der Waals surface area (Å²) in [5, 5.41) is 23.8. The molecule has 1 aliphatic carbocycles.